The number of aliphatic carboxylic acids is 2. The van der Waals surface area contributed by atoms with Gasteiger partial charge in [-0.05, 0) is 5.56 Å². The summed E-state index contributed by atoms with van der Waals surface area (Å²) in [5.74, 6) is -9.47. The standard InChI is InChI=1S/C25H34N8O11/c26-9-18(35)28-10-19(36)29-11-20(37)31-14(7-17(27)34)23(41)30-12-21(38)32-15(8-22(39)40)24(42)33-16(25(43)44)6-13-4-2-1-3-5-13/h1-5,14-16H,6-12,26H2,(H2,27,34)(H,28,35)(H,29,36)(H,30,41)(H,31,37)(H,32,38)(H,33,42)(H,39,40)(H,43,44). The molecule has 0 radical (unpaired) electrons. The van der Waals surface area contributed by atoms with E-state index in [1.807, 2.05) is 0 Å². The monoisotopic (exact) mass is 622 g/mol. The van der Waals surface area contributed by atoms with Crippen LogP contribution < -0.4 is 43.4 Å². The smallest absolute Gasteiger partial charge is 0.326 e. The minimum atomic E-state index is -1.73. The summed E-state index contributed by atoms with van der Waals surface area (Å²) in [5, 5.41) is 31.5. The molecule has 19 heteroatoms. The van der Waals surface area contributed by atoms with Crippen LogP contribution in [0.15, 0.2) is 30.3 Å². The van der Waals surface area contributed by atoms with Crippen molar-refractivity contribution in [2.24, 2.45) is 11.5 Å². The highest BCUT2D eigenvalue weighted by Gasteiger charge is 2.29. The van der Waals surface area contributed by atoms with E-state index in [1.165, 1.54) is 0 Å². The molecule has 0 aliphatic heterocycles. The molecule has 0 saturated carbocycles. The maximum atomic E-state index is 12.7. The molecule has 0 bridgehead atoms. The third-order valence-corrected chi connectivity index (χ3v) is 5.49. The normalized spacial score (nSPS) is 12.3. The van der Waals surface area contributed by atoms with Gasteiger partial charge < -0.3 is 53.6 Å². The minimum Gasteiger partial charge on any atom is -0.481 e. The summed E-state index contributed by atoms with van der Waals surface area (Å²) in [7, 11) is 0. The molecule has 7 amide bonds. The summed E-state index contributed by atoms with van der Waals surface area (Å²) in [6, 6.07) is 3.49. The Kier molecular flexibility index (Phi) is 15.5. The van der Waals surface area contributed by atoms with Crippen LogP contribution in [0.25, 0.3) is 0 Å². The number of rotatable bonds is 19. The number of carbonyl (C=O) groups excluding carboxylic acids is 7. The number of carboxylic acid groups (broad SMARTS) is 2. The number of primary amides is 1. The van der Waals surface area contributed by atoms with Crippen molar-refractivity contribution in [2.45, 2.75) is 37.4 Å². The molecule has 0 aliphatic rings. The van der Waals surface area contributed by atoms with Gasteiger partial charge in [-0.2, -0.15) is 0 Å². The van der Waals surface area contributed by atoms with Gasteiger partial charge >= 0.3 is 11.9 Å². The molecule has 19 nitrogen and oxygen atoms in total. The molecule has 12 N–H and O–H groups in total. The first-order chi connectivity index (χ1) is 20.7. The maximum absolute atomic E-state index is 12.7. The summed E-state index contributed by atoms with van der Waals surface area (Å²) >= 11 is 0. The average Bonchev–Trinajstić information content (AvgIpc) is 2.96. The van der Waals surface area contributed by atoms with Crippen LogP contribution in [0.5, 0.6) is 0 Å². The molecule has 0 heterocycles. The fourth-order valence-electron chi connectivity index (χ4n) is 3.39. The van der Waals surface area contributed by atoms with Crippen molar-refractivity contribution >= 4 is 53.3 Å². The Hall–Kier alpha value is -5.59. The van der Waals surface area contributed by atoms with E-state index < -0.39 is 104 Å². The molecule has 1 aromatic carbocycles. The van der Waals surface area contributed by atoms with E-state index in [0.29, 0.717) is 5.56 Å². The molecule has 3 atom stereocenters. The van der Waals surface area contributed by atoms with E-state index in [9.17, 15) is 53.4 Å². The van der Waals surface area contributed by atoms with Crippen molar-refractivity contribution in [3.8, 4) is 0 Å². The predicted octanol–water partition coefficient (Wildman–Crippen LogP) is -5.57. The Labute approximate surface area is 249 Å². The second-order valence-electron chi connectivity index (χ2n) is 9.07. The Morgan fingerprint density at radius 1 is 0.636 bits per heavy atom. The van der Waals surface area contributed by atoms with Gasteiger partial charge in [-0.25, -0.2) is 4.79 Å². The zero-order valence-electron chi connectivity index (χ0n) is 23.3. The molecule has 0 fully saturated rings. The molecule has 0 aromatic heterocycles. The third-order valence-electron chi connectivity index (χ3n) is 5.49. The fraction of sp³-hybridized carbons (Fsp3) is 0.400. The molecule has 44 heavy (non-hydrogen) atoms. The topological polar surface area (TPSA) is 318 Å². The highest BCUT2D eigenvalue weighted by atomic mass is 16.4. The molecule has 0 spiro atoms. The number of hydrogen-bond acceptors (Lipinski definition) is 10. The van der Waals surface area contributed by atoms with E-state index in [1.54, 1.807) is 30.3 Å². The van der Waals surface area contributed by atoms with E-state index in [-0.39, 0.29) is 13.0 Å². The second kappa shape index (κ2) is 18.8. The van der Waals surface area contributed by atoms with Gasteiger partial charge in [0.05, 0.1) is 39.0 Å². The average molecular weight is 623 g/mol. The Balaban J connectivity index is 2.75. The van der Waals surface area contributed by atoms with Gasteiger partial charge in [0, 0.05) is 6.42 Å². The Morgan fingerprint density at radius 3 is 1.68 bits per heavy atom. The van der Waals surface area contributed by atoms with E-state index in [2.05, 4.69) is 31.9 Å². The largest absolute Gasteiger partial charge is 0.481 e. The van der Waals surface area contributed by atoms with Crippen LogP contribution in [-0.4, -0.2) is 108 Å². The lowest BCUT2D eigenvalue weighted by Crippen LogP contribution is -2.55. The highest BCUT2D eigenvalue weighted by molar-refractivity contribution is 5.96. The number of hydrogen-bond donors (Lipinski definition) is 10. The number of carboxylic acids is 2. The van der Waals surface area contributed by atoms with Crippen molar-refractivity contribution in [1.82, 2.24) is 31.9 Å². The van der Waals surface area contributed by atoms with Crippen LogP contribution in [0.1, 0.15) is 18.4 Å². The fourth-order valence-corrected chi connectivity index (χ4v) is 3.39. The zero-order valence-corrected chi connectivity index (χ0v) is 23.3. The minimum absolute atomic E-state index is 0.132. The summed E-state index contributed by atoms with van der Waals surface area (Å²) in [6.07, 6.45) is -1.76. The van der Waals surface area contributed by atoms with Crippen LogP contribution in [0, 0.1) is 0 Å². The first-order valence-electron chi connectivity index (χ1n) is 12.9. The van der Waals surface area contributed by atoms with Crippen molar-refractivity contribution in [1.29, 1.82) is 0 Å². The molecule has 1 rings (SSSR count). The van der Waals surface area contributed by atoms with Gasteiger partial charge in [-0.15, -0.1) is 0 Å². The van der Waals surface area contributed by atoms with Gasteiger partial charge in [0.15, 0.2) is 0 Å². The van der Waals surface area contributed by atoms with Crippen molar-refractivity contribution in [2.75, 3.05) is 26.2 Å². The predicted molar refractivity (Wildman–Crippen MR) is 148 cm³/mol. The number of amides is 7. The first kappa shape index (κ1) is 36.4. The Morgan fingerprint density at radius 2 is 1.16 bits per heavy atom. The molecule has 1 aromatic rings. The van der Waals surface area contributed by atoms with Crippen LogP contribution >= 0.6 is 0 Å². The SMILES string of the molecule is NCC(=O)NCC(=O)NCC(=O)NC(CC(N)=O)C(=O)NCC(=O)NC(CC(=O)O)C(=O)NC(Cc1ccccc1)C(=O)O. The lowest BCUT2D eigenvalue weighted by Gasteiger charge is -2.21. The molecule has 240 valence electrons. The van der Waals surface area contributed by atoms with Crippen LogP contribution in [0.4, 0.5) is 0 Å². The molecule has 0 aliphatic carbocycles. The van der Waals surface area contributed by atoms with Crippen LogP contribution in [-0.2, 0) is 49.6 Å². The highest BCUT2D eigenvalue weighted by Crippen LogP contribution is 2.05. The summed E-state index contributed by atoms with van der Waals surface area (Å²) in [5.41, 5.74) is 10.8. The number of benzene rings is 1. The zero-order chi connectivity index (χ0) is 33.2. The summed E-state index contributed by atoms with van der Waals surface area (Å²) in [4.78, 5) is 107. The number of nitrogens with two attached hydrogens (primary N) is 2. The van der Waals surface area contributed by atoms with Gasteiger partial charge in [0.25, 0.3) is 0 Å². The van der Waals surface area contributed by atoms with Gasteiger partial charge in [0.2, 0.25) is 41.4 Å². The molecular weight excluding hydrogens is 588 g/mol. The van der Waals surface area contributed by atoms with Gasteiger partial charge in [-0.1, -0.05) is 30.3 Å². The quantitative estimate of drug-likeness (QED) is 0.0690. The first-order valence-corrected chi connectivity index (χ1v) is 12.9. The van der Waals surface area contributed by atoms with Crippen molar-refractivity contribution in [3.05, 3.63) is 35.9 Å². The van der Waals surface area contributed by atoms with Crippen molar-refractivity contribution in [3.63, 3.8) is 0 Å². The lowest BCUT2D eigenvalue weighted by molar-refractivity contribution is -0.143. The summed E-state index contributed by atoms with van der Waals surface area (Å²) in [6.45, 7) is -2.34. The summed E-state index contributed by atoms with van der Waals surface area (Å²) < 4.78 is 0. The molecule has 0 saturated heterocycles. The van der Waals surface area contributed by atoms with Crippen molar-refractivity contribution < 1.29 is 53.4 Å². The van der Waals surface area contributed by atoms with Crippen LogP contribution in [0.3, 0.4) is 0 Å². The second-order valence-corrected chi connectivity index (χ2v) is 9.07. The van der Waals surface area contributed by atoms with Gasteiger partial charge in [-0.3, -0.25) is 38.4 Å². The van der Waals surface area contributed by atoms with E-state index in [4.69, 9.17) is 11.5 Å². The molecular formula is C25H34N8O11. The van der Waals surface area contributed by atoms with E-state index in [0.717, 1.165) is 0 Å². The molecule has 3 unspecified atom stereocenters. The Bertz CT molecular complexity index is 1240. The maximum Gasteiger partial charge on any atom is 0.326 e. The number of carbonyl (C=O) groups is 9. The van der Waals surface area contributed by atoms with Crippen LogP contribution in [0.2, 0.25) is 0 Å². The lowest BCUT2D eigenvalue weighted by atomic mass is 10.1. The number of nitrogens with one attached hydrogen (secondary N) is 6. The third kappa shape index (κ3) is 14.9. The van der Waals surface area contributed by atoms with E-state index >= 15 is 0 Å². The van der Waals surface area contributed by atoms with Gasteiger partial charge in [0.1, 0.15) is 18.1 Å².